The van der Waals surface area contributed by atoms with Gasteiger partial charge in [-0.05, 0) is 12.8 Å². The van der Waals surface area contributed by atoms with Gasteiger partial charge in [0.15, 0.2) is 5.13 Å². The Kier molecular flexibility index (Phi) is 6.56. The molecule has 0 spiro atoms. The number of hydrogen-bond donors (Lipinski definition) is 1. The Hall–Kier alpha value is -0.570. The minimum absolute atomic E-state index is 0.649. The Bertz CT molecular complexity index is 285. The molecular weight excluding hydrogens is 240 g/mol. The van der Waals surface area contributed by atoms with E-state index < -0.39 is 0 Å². The molecule has 0 amide bonds. The van der Waals surface area contributed by atoms with Crippen LogP contribution in [0.15, 0.2) is 11.6 Å². The van der Waals surface area contributed by atoms with Crippen LogP contribution in [-0.4, -0.2) is 11.0 Å². The number of nitrogens with one attached hydrogen (secondary N) is 1. The number of anilines is 1. The van der Waals surface area contributed by atoms with Crippen molar-refractivity contribution >= 4 is 16.5 Å². The van der Waals surface area contributed by atoms with Gasteiger partial charge in [0.1, 0.15) is 0 Å². The smallest absolute Gasteiger partial charge is 0.182 e. The fourth-order valence-electron chi connectivity index (χ4n) is 2.78. The first-order valence-corrected chi connectivity index (χ1v) is 8.49. The summed E-state index contributed by atoms with van der Waals surface area (Å²) in [5.74, 6) is 0. The zero-order chi connectivity index (χ0) is 12.5. The summed E-state index contributed by atoms with van der Waals surface area (Å²) in [4.78, 5) is 4.35. The summed E-state index contributed by atoms with van der Waals surface area (Å²) >= 11 is 1.72. The van der Waals surface area contributed by atoms with Crippen molar-refractivity contribution in [1.29, 1.82) is 0 Å². The zero-order valence-electron chi connectivity index (χ0n) is 11.4. The summed E-state index contributed by atoms with van der Waals surface area (Å²) in [6.07, 6.45) is 17.3. The molecule has 1 aromatic heterocycles. The lowest BCUT2D eigenvalue weighted by atomic mass is 9.98. The van der Waals surface area contributed by atoms with E-state index in [1.165, 1.54) is 70.6 Å². The molecule has 1 aliphatic carbocycles. The van der Waals surface area contributed by atoms with E-state index in [2.05, 4.69) is 15.7 Å². The monoisotopic (exact) mass is 266 g/mol. The van der Waals surface area contributed by atoms with Gasteiger partial charge in [0.25, 0.3) is 0 Å². The van der Waals surface area contributed by atoms with Crippen molar-refractivity contribution in [2.24, 2.45) is 0 Å². The van der Waals surface area contributed by atoms with Gasteiger partial charge in [-0.15, -0.1) is 11.3 Å². The second-order valence-corrected chi connectivity index (χ2v) is 6.33. The SMILES string of the molecule is c1csc(NC2CCCCCCCCCCC2)n1. The van der Waals surface area contributed by atoms with Gasteiger partial charge in [0.05, 0.1) is 0 Å². The molecule has 0 radical (unpaired) electrons. The van der Waals surface area contributed by atoms with Crippen LogP contribution in [0.4, 0.5) is 5.13 Å². The molecular formula is C15H26N2S. The molecule has 1 saturated carbocycles. The van der Waals surface area contributed by atoms with Gasteiger partial charge in [0, 0.05) is 17.6 Å². The first-order chi connectivity index (χ1) is 8.95. The third kappa shape index (κ3) is 5.38. The molecule has 0 saturated heterocycles. The van der Waals surface area contributed by atoms with Crippen LogP contribution in [0.25, 0.3) is 0 Å². The molecule has 0 bridgehead atoms. The number of hydrogen-bond acceptors (Lipinski definition) is 3. The average Bonchev–Trinajstić information content (AvgIpc) is 2.85. The molecule has 102 valence electrons. The summed E-state index contributed by atoms with van der Waals surface area (Å²) < 4.78 is 0. The topological polar surface area (TPSA) is 24.9 Å². The maximum Gasteiger partial charge on any atom is 0.182 e. The molecule has 2 rings (SSSR count). The van der Waals surface area contributed by atoms with E-state index in [0.29, 0.717) is 6.04 Å². The number of nitrogens with zero attached hydrogens (tertiary/aromatic N) is 1. The summed E-state index contributed by atoms with van der Waals surface area (Å²) in [6.45, 7) is 0. The van der Waals surface area contributed by atoms with Crippen LogP contribution in [0.5, 0.6) is 0 Å². The Morgan fingerprint density at radius 2 is 1.44 bits per heavy atom. The number of thiazole rings is 1. The largest absolute Gasteiger partial charge is 0.359 e. The minimum Gasteiger partial charge on any atom is -0.359 e. The highest BCUT2D eigenvalue weighted by molar-refractivity contribution is 7.13. The Labute approximate surface area is 115 Å². The van der Waals surface area contributed by atoms with Gasteiger partial charge in [-0.2, -0.15) is 0 Å². The number of rotatable bonds is 2. The molecule has 1 aromatic rings. The lowest BCUT2D eigenvalue weighted by molar-refractivity contribution is 0.480. The summed E-state index contributed by atoms with van der Waals surface area (Å²) in [6, 6.07) is 0.649. The molecule has 1 heterocycles. The molecule has 1 aliphatic rings. The number of aromatic nitrogens is 1. The first-order valence-electron chi connectivity index (χ1n) is 7.61. The van der Waals surface area contributed by atoms with E-state index in [1.54, 1.807) is 11.3 Å². The predicted octanol–water partition coefficient (Wildman–Crippen LogP) is 5.23. The van der Waals surface area contributed by atoms with Gasteiger partial charge < -0.3 is 5.32 Å². The van der Waals surface area contributed by atoms with Crippen molar-refractivity contribution in [2.45, 2.75) is 76.7 Å². The van der Waals surface area contributed by atoms with Crippen molar-refractivity contribution in [3.8, 4) is 0 Å². The molecule has 0 atom stereocenters. The molecule has 2 nitrogen and oxygen atoms in total. The van der Waals surface area contributed by atoms with Crippen LogP contribution in [0, 0.1) is 0 Å². The third-order valence-electron chi connectivity index (χ3n) is 3.87. The third-order valence-corrected chi connectivity index (χ3v) is 4.57. The lowest BCUT2D eigenvalue weighted by Gasteiger charge is -2.18. The Morgan fingerprint density at radius 1 is 0.889 bits per heavy atom. The Morgan fingerprint density at radius 3 is 1.94 bits per heavy atom. The van der Waals surface area contributed by atoms with Gasteiger partial charge in [-0.1, -0.05) is 57.8 Å². The minimum atomic E-state index is 0.649. The van der Waals surface area contributed by atoms with Gasteiger partial charge in [-0.25, -0.2) is 4.98 Å². The maximum atomic E-state index is 4.35. The van der Waals surface area contributed by atoms with Crippen LogP contribution in [0.1, 0.15) is 70.6 Å². The van der Waals surface area contributed by atoms with Gasteiger partial charge in [0.2, 0.25) is 0 Å². The van der Waals surface area contributed by atoms with Crippen LogP contribution in [0.3, 0.4) is 0 Å². The maximum absolute atomic E-state index is 4.35. The summed E-state index contributed by atoms with van der Waals surface area (Å²) in [5, 5.41) is 6.78. The van der Waals surface area contributed by atoms with E-state index in [4.69, 9.17) is 0 Å². The second kappa shape index (κ2) is 8.52. The summed E-state index contributed by atoms with van der Waals surface area (Å²) in [5.41, 5.74) is 0. The van der Waals surface area contributed by atoms with Crippen molar-refractivity contribution < 1.29 is 0 Å². The van der Waals surface area contributed by atoms with Crippen LogP contribution < -0.4 is 5.32 Å². The van der Waals surface area contributed by atoms with Gasteiger partial charge >= 0.3 is 0 Å². The predicted molar refractivity (Wildman–Crippen MR) is 80.3 cm³/mol. The molecule has 1 N–H and O–H groups in total. The highest BCUT2D eigenvalue weighted by Gasteiger charge is 2.10. The van der Waals surface area contributed by atoms with E-state index in [9.17, 15) is 0 Å². The van der Waals surface area contributed by atoms with Crippen molar-refractivity contribution in [3.63, 3.8) is 0 Å². The van der Waals surface area contributed by atoms with Gasteiger partial charge in [-0.3, -0.25) is 0 Å². The van der Waals surface area contributed by atoms with Crippen molar-refractivity contribution in [1.82, 2.24) is 4.98 Å². The normalized spacial score (nSPS) is 20.9. The highest BCUT2D eigenvalue weighted by atomic mass is 32.1. The molecule has 3 heteroatoms. The molecule has 0 aromatic carbocycles. The molecule has 0 unspecified atom stereocenters. The second-order valence-electron chi connectivity index (χ2n) is 5.44. The van der Waals surface area contributed by atoms with E-state index >= 15 is 0 Å². The van der Waals surface area contributed by atoms with Crippen molar-refractivity contribution in [3.05, 3.63) is 11.6 Å². The fourth-order valence-corrected chi connectivity index (χ4v) is 3.38. The lowest BCUT2D eigenvalue weighted by Crippen LogP contribution is -2.19. The van der Waals surface area contributed by atoms with Crippen LogP contribution in [-0.2, 0) is 0 Å². The van der Waals surface area contributed by atoms with E-state index in [1.807, 2.05) is 6.20 Å². The molecule has 1 fully saturated rings. The fraction of sp³-hybridized carbons (Fsp3) is 0.800. The van der Waals surface area contributed by atoms with E-state index in [-0.39, 0.29) is 0 Å². The van der Waals surface area contributed by atoms with E-state index in [0.717, 1.165) is 5.13 Å². The zero-order valence-corrected chi connectivity index (χ0v) is 12.2. The van der Waals surface area contributed by atoms with Crippen molar-refractivity contribution in [2.75, 3.05) is 5.32 Å². The summed E-state index contributed by atoms with van der Waals surface area (Å²) in [7, 11) is 0. The quantitative estimate of drug-likeness (QED) is 0.793. The van der Waals surface area contributed by atoms with Crippen LogP contribution in [0.2, 0.25) is 0 Å². The molecule has 0 aliphatic heterocycles. The Balaban J connectivity index is 1.77. The highest BCUT2D eigenvalue weighted by Crippen LogP contribution is 2.20. The molecule has 18 heavy (non-hydrogen) atoms. The average molecular weight is 266 g/mol. The van der Waals surface area contributed by atoms with Crippen LogP contribution >= 0.6 is 11.3 Å². The standard InChI is InChI=1S/C15H26N2S/c1-2-4-6-8-10-14(11-9-7-5-3-1)17-15-16-12-13-18-15/h12-14H,1-11H2,(H,16,17). The first kappa shape index (κ1) is 13.9.